The Kier molecular flexibility index (Phi) is 5.60. The van der Waals surface area contributed by atoms with Crippen molar-refractivity contribution >= 4 is 28.3 Å². The second kappa shape index (κ2) is 7.44. The van der Waals surface area contributed by atoms with E-state index < -0.39 is 0 Å². The van der Waals surface area contributed by atoms with Crippen molar-refractivity contribution in [2.75, 3.05) is 11.9 Å². The lowest BCUT2D eigenvalue weighted by atomic mass is 10.4. The van der Waals surface area contributed by atoms with Gasteiger partial charge in [0.2, 0.25) is 0 Å². The molecule has 0 aliphatic heterocycles. The van der Waals surface area contributed by atoms with Gasteiger partial charge in [0, 0.05) is 30.4 Å². The summed E-state index contributed by atoms with van der Waals surface area (Å²) in [6, 6.07) is 0. The van der Waals surface area contributed by atoms with Gasteiger partial charge >= 0.3 is 5.69 Å². The maximum Gasteiger partial charge on any atom is 0.343 e. The van der Waals surface area contributed by atoms with Crippen molar-refractivity contribution in [3.63, 3.8) is 0 Å². The minimum absolute atomic E-state index is 0.157. The quantitative estimate of drug-likeness (QED) is 0.724. The highest BCUT2D eigenvalue weighted by Gasteiger charge is 2.12. The second-order valence-corrected chi connectivity index (χ2v) is 5.92. The van der Waals surface area contributed by atoms with E-state index in [0.717, 1.165) is 30.1 Å². The molecule has 2 heterocycles. The fourth-order valence-electron chi connectivity index (χ4n) is 1.64. The van der Waals surface area contributed by atoms with Gasteiger partial charge < -0.3 is 5.32 Å². The maximum absolute atomic E-state index is 11.6. The monoisotopic (exact) mass is 314 g/mol. The van der Waals surface area contributed by atoms with Gasteiger partial charge in [-0.15, -0.1) is 10.2 Å². The molecule has 110 valence electrons. The largest absolute Gasteiger partial charge is 0.374 e. The highest BCUT2D eigenvalue weighted by molar-refractivity contribution is 7.98. The molecule has 2 aromatic rings. The van der Waals surface area contributed by atoms with Crippen molar-refractivity contribution in [3.8, 4) is 0 Å². The van der Waals surface area contributed by atoms with Crippen LogP contribution >= 0.6 is 23.3 Å². The van der Waals surface area contributed by atoms with E-state index in [4.69, 9.17) is 0 Å². The topological polar surface area (TPSA) is 88.5 Å². The molecular weight excluding hydrogens is 296 g/mol. The number of aromatic amines is 1. The number of nitrogens with one attached hydrogen (secondary N) is 2. The standard InChI is InChI=1S/C11H18N6OS2/c1-3-5-12-9-8(13-16-20-9)7-19-11-15-14-10(18)17(11)6-4-2/h12H,3-7H2,1-2H3,(H,14,18). The summed E-state index contributed by atoms with van der Waals surface area (Å²) in [5.41, 5.74) is 0.752. The summed E-state index contributed by atoms with van der Waals surface area (Å²) in [6.45, 7) is 5.73. The van der Waals surface area contributed by atoms with Crippen molar-refractivity contribution < 1.29 is 0 Å². The summed E-state index contributed by atoms with van der Waals surface area (Å²) in [5.74, 6) is 0.649. The van der Waals surface area contributed by atoms with Crippen LogP contribution < -0.4 is 11.0 Å². The SMILES string of the molecule is CCCNc1snnc1CSc1n[nH]c(=O)n1CCC. The van der Waals surface area contributed by atoms with E-state index in [2.05, 4.69) is 32.0 Å². The van der Waals surface area contributed by atoms with Crippen LogP contribution in [-0.4, -0.2) is 30.9 Å². The van der Waals surface area contributed by atoms with Gasteiger partial charge in [0.15, 0.2) is 5.16 Å². The van der Waals surface area contributed by atoms with E-state index in [1.54, 1.807) is 4.57 Å². The Labute approximate surface area is 125 Å². The van der Waals surface area contributed by atoms with Gasteiger partial charge in [-0.25, -0.2) is 9.89 Å². The number of H-pyrrole nitrogens is 1. The molecule has 0 amide bonds. The van der Waals surface area contributed by atoms with E-state index in [-0.39, 0.29) is 5.69 Å². The Morgan fingerprint density at radius 1 is 1.40 bits per heavy atom. The van der Waals surface area contributed by atoms with Crippen LogP contribution in [0.15, 0.2) is 9.95 Å². The zero-order valence-corrected chi connectivity index (χ0v) is 13.2. The molecule has 0 saturated carbocycles. The average Bonchev–Trinajstić information content (AvgIpc) is 3.03. The molecule has 9 heteroatoms. The first-order valence-corrected chi connectivity index (χ1v) is 8.35. The summed E-state index contributed by atoms with van der Waals surface area (Å²) < 4.78 is 5.63. The smallest absolute Gasteiger partial charge is 0.343 e. The van der Waals surface area contributed by atoms with E-state index >= 15 is 0 Å². The van der Waals surface area contributed by atoms with Gasteiger partial charge in [-0.1, -0.05) is 30.1 Å². The number of hydrogen-bond acceptors (Lipinski definition) is 7. The van der Waals surface area contributed by atoms with Crippen LogP contribution in [0.5, 0.6) is 0 Å². The molecule has 0 unspecified atom stereocenters. The summed E-state index contributed by atoms with van der Waals surface area (Å²) >= 11 is 2.86. The first-order chi connectivity index (χ1) is 9.76. The lowest BCUT2D eigenvalue weighted by molar-refractivity contribution is 0.603. The van der Waals surface area contributed by atoms with Crippen molar-refractivity contribution in [2.24, 2.45) is 0 Å². The van der Waals surface area contributed by atoms with Crippen LogP contribution in [-0.2, 0) is 12.3 Å². The highest BCUT2D eigenvalue weighted by Crippen LogP contribution is 2.25. The average molecular weight is 314 g/mol. The molecular formula is C11H18N6OS2. The lowest BCUT2D eigenvalue weighted by Crippen LogP contribution is -2.17. The number of rotatable bonds is 8. The van der Waals surface area contributed by atoms with Gasteiger partial charge in [0.25, 0.3) is 0 Å². The van der Waals surface area contributed by atoms with Crippen molar-refractivity contribution in [1.29, 1.82) is 0 Å². The predicted molar refractivity (Wildman–Crippen MR) is 81.4 cm³/mol. The van der Waals surface area contributed by atoms with Crippen LogP contribution in [0, 0.1) is 0 Å². The number of anilines is 1. The molecule has 2 aromatic heterocycles. The summed E-state index contributed by atoms with van der Waals surface area (Å²) in [6.07, 6.45) is 1.95. The van der Waals surface area contributed by atoms with Crippen LogP contribution in [0.25, 0.3) is 0 Å². The van der Waals surface area contributed by atoms with Gasteiger partial charge in [-0.3, -0.25) is 4.57 Å². The molecule has 0 aliphatic carbocycles. The Morgan fingerprint density at radius 2 is 2.25 bits per heavy atom. The van der Waals surface area contributed by atoms with E-state index in [0.29, 0.717) is 17.5 Å². The third-order valence-corrected chi connectivity index (χ3v) is 4.31. The minimum Gasteiger partial charge on any atom is -0.374 e. The molecule has 0 saturated heterocycles. The van der Waals surface area contributed by atoms with Crippen LogP contribution in [0.4, 0.5) is 5.00 Å². The molecule has 0 fully saturated rings. The molecule has 7 nitrogen and oxygen atoms in total. The molecule has 0 radical (unpaired) electrons. The molecule has 20 heavy (non-hydrogen) atoms. The molecule has 0 atom stereocenters. The van der Waals surface area contributed by atoms with Gasteiger partial charge in [-0.2, -0.15) is 0 Å². The first-order valence-electron chi connectivity index (χ1n) is 6.59. The number of thioether (sulfide) groups is 1. The zero-order valence-electron chi connectivity index (χ0n) is 11.5. The fourth-order valence-corrected chi connectivity index (χ4v) is 3.25. The lowest BCUT2D eigenvalue weighted by Gasteiger charge is -2.04. The minimum atomic E-state index is -0.157. The van der Waals surface area contributed by atoms with Crippen molar-refractivity contribution in [1.82, 2.24) is 24.4 Å². The fraction of sp³-hybridized carbons (Fsp3) is 0.636. The molecule has 0 bridgehead atoms. The predicted octanol–water partition coefficient (Wildman–Crippen LogP) is 1.95. The van der Waals surface area contributed by atoms with Crippen LogP contribution in [0.2, 0.25) is 0 Å². The molecule has 0 spiro atoms. The Hall–Kier alpha value is -1.35. The van der Waals surface area contributed by atoms with Gasteiger partial charge in [0.1, 0.15) is 10.7 Å². The van der Waals surface area contributed by atoms with E-state index in [9.17, 15) is 4.79 Å². The normalized spacial score (nSPS) is 10.9. The number of nitrogens with zero attached hydrogens (tertiary/aromatic N) is 4. The number of aromatic nitrogens is 5. The summed E-state index contributed by atoms with van der Waals surface area (Å²) in [4.78, 5) is 11.6. The van der Waals surface area contributed by atoms with Crippen molar-refractivity contribution in [2.45, 2.75) is 44.1 Å². The zero-order chi connectivity index (χ0) is 14.4. The van der Waals surface area contributed by atoms with Gasteiger partial charge in [0.05, 0.1) is 0 Å². The molecule has 0 aromatic carbocycles. The Balaban J connectivity index is 2.02. The molecule has 2 N–H and O–H groups in total. The van der Waals surface area contributed by atoms with E-state index in [1.807, 2.05) is 6.92 Å². The first kappa shape index (κ1) is 15.0. The number of hydrogen-bond donors (Lipinski definition) is 2. The summed E-state index contributed by atoms with van der Waals surface area (Å²) in [5, 5.41) is 15.7. The summed E-state index contributed by atoms with van der Waals surface area (Å²) in [7, 11) is 0. The molecule has 0 aliphatic rings. The highest BCUT2D eigenvalue weighted by atomic mass is 32.2. The molecule has 2 rings (SSSR count). The Bertz CT molecular complexity index is 590. The van der Waals surface area contributed by atoms with Crippen LogP contribution in [0.1, 0.15) is 32.4 Å². The third-order valence-electron chi connectivity index (χ3n) is 2.60. The maximum atomic E-state index is 11.6. The van der Waals surface area contributed by atoms with Gasteiger partial charge in [-0.05, 0) is 12.8 Å². The van der Waals surface area contributed by atoms with Crippen LogP contribution in [0.3, 0.4) is 0 Å². The van der Waals surface area contributed by atoms with Crippen molar-refractivity contribution in [3.05, 3.63) is 16.2 Å². The van der Waals surface area contributed by atoms with E-state index in [1.165, 1.54) is 23.3 Å². The Morgan fingerprint density at radius 3 is 3.00 bits per heavy atom. The third kappa shape index (κ3) is 3.60. The second-order valence-electron chi connectivity index (χ2n) is 4.23.